The van der Waals surface area contributed by atoms with Crippen LogP contribution in [0.25, 0.3) is 0 Å². The van der Waals surface area contributed by atoms with Crippen LogP contribution in [0.5, 0.6) is 5.75 Å². The number of nitrogen functional groups attached to an aromatic ring is 1. The molecule has 1 aromatic rings. The molecule has 5 heteroatoms. The Balaban J connectivity index is 2.53. The first-order valence-corrected chi connectivity index (χ1v) is 6.41. The SMILES string of the molecule is CCCCNC(=O)C(C)Oc1ccc(Cl)cc1N. The van der Waals surface area contributed by atoms with Crippen LogP contribution in [-0.4, -0.2) is 18.6 Å². The summed E-state index contributed by atoms with van der Waals surface area (Å²) in [5, 5.41) is 3.35. The zero-order valence-corrected chi connectivity index (χ0v) is 11.5. The lowest BCUT2D eigenvalue weighted by molar-refractivity contribution is -0.127. The Morgan fingerprint density at radius 1 is 1.56 bits per heavy atom. The number of anilines is 1. The molecule has 3 N–H and O–H groups in total. The summed E-state index contributed by atoms with van der Waals surface area (Å²) in [6.45, 7) is 4.43. The van der Waals surface area contributed by atoms with Crippen molar-refractivity contribution < 1.29 is 9.53 Å². The first-order chi connectivity index (χ1) is 8.54. The molecule has 1 rings (SSSR count). The Hall–Kier alpha value is -1.42. The molecule has 0 spiro atoms. The van der Waals surface area contributed by atoms with E-state index in [4.69, 9.17) is 22.1 Å². The van der Waals surface area contributed by atoms with Gasteiger partial charge in [0.25, 0.3) is 5.91 Å². The number of nitrogens with one attached hydrogen (secondary N) is 1. The van der Waals surface area contributed by atoms with Crippen molar-refractivity contribution in [2.75, 3.05) is 12.3 Å². The Labute approximate surface area is 112 Å². The monoisotopic (exact) mass is 270 g/mol. The highest BCUT2D eigenvalue weighted by Gasteiger charge is 2.15. The van der Waals surface area contributed by atoms with Gasteiger partial charge in [0.2, 0.25) is 0 Å². The number of halogens is 1. The molecule has 4 nitrogen and oxygen atoms in total. The van der Waals surface area contributed by atoms with Crippen LogP contribution in [-0.2, 0) is 4.79 Å². The van der Waals surface area contributed by atoms with E-state index in [9.17, 15) is 4.79 Å². The second-order valence-electron chi connectivity index (χ2n) is 4.09. The smallest absolute Gasteiger partial charge is 0.260 e. The minimum Gasteiger partial charge on any atom is -0.479 e. The second kappa shape index (κ2) is 7.11. The second-order valence-corrected chi connectivity index (χ2v) is 4.52. The van der Waals surface area contributed by atoms with Crippen molar-refractivity contribution in [3.8, 4) is 5.75 Å². The summed E-state index contributed by atoms with van der Waals surface area (Å²) in [4.78, 5) is 11.7. The molecule has 0 aliphatic heterocycles. The number of benzene rings is 1. The van der Waals surface area contributed by atoms with Gasteiger partial charge in [0.1, 0.15) is 5.75 Å². The van der Waals surface area contributed by atoms with Crippen molar-refractivity contribution in [2.45, 2.75) is 32.8 Å². The minimum atomic E-state index is -0.578. The van der Waals surface area contributed by atoms with Gasteiger partial charge in [0.05, 0.1) is 5.69 Å². The average molecular weight is 271 g/mol. The van der Waals surface area contributed by atoms with Gasteiger partial charge in [-0.2, -0.15) is 0 Å². The summed E-state index contributed by atoms with van der Waals surface area (Å²) in [5.41, 5.74) is 6.18. The molecule has 0 aromatic heterocycles. The maximum Gasteiger partial charge on any atom is 0.260 e. The van der Waals surface area contributed by atoms with E-state index in [1.54, 1.807) is 25.1 Å². The van der Waals surface area contributed by atoms with Crippen molar-refractivity contribution >= 4 is 23.2 Å². The highest BCUT2D eigenvalue weighted by Crippen LogP contribution is 2.25. The van der Waals surface area contributed by atoms with Crippen LogP contribution < -0.4 is 15.8 Å². The number of hydrogen-bond acceptors (Lipinski definition) is 3. The van der Waals surface area contributed by atoms with E-state index in [2.05, 4.69) is 12.2 Å². The van der Waals surface area contributed by atoms with E-state index in [0.717, 1.165) is 12.8 Å². The lowest BCUT2D eigenvalue weighted by Crippen LogP contribution is -2.36. The van der Waals surface area contributed by atoms with Gasteiger partial charge in [-0.25, -0.2) is 0 Å². The van der Waals surface area contributed by atoms with Crippen LogP contribution >= 0.6 is 11.6 Å². The van der Waals surface area contributed by atoms with Gasteiger partial charge in [-0.3, -0.25) is 4.79 Å². The van der Waals surface area contributed by atoms with Crippen LogP contribution in [0, 0.1) is 0 Å². The summed E-state index contributed by atoms with van der Waals surface area (Å²) >= 11 is 5.79. The molecule has 1 aromatic carbocycles. The zero-order chi connectivity index (χ0) is 13.5. The van der Waals surface area contributed by atoms with Gasteiger partial charge < -0.3 is 15.8 Å². The summed E-state index contributed by atoms with van der Waals surface area (Å²) in [6.07, 6.45) is 1.42. The molecule has 18 heavy (non-hydrogen) atoms. The Morgan fingerprint density at radius 2 is 2.28 bits per heavy atom. The number of amides is 1. The van der Waals surface area contributed by atoms with Crippen LogP contribution in [0.15, 0.2) is 18.2 Å². The topological polar surface area (TPSA) is 64.3 Å². The van der Waals surface area contributed by atoms with Gasteiger partial charge in [-0.1, -0.05) is 24.9 Å². The van der Waals surface area contributed by atoms with E-state index >= 15 is 0 Å². The summed E-state index contributed by atoms with van der Waals surface area (Å²) in [5.74, 6) is 0.329. The Kier molecular flexibility index (Phi) is 5.78. The number of carbonyl (C=O) groups is 1. The predicted molar refractivity (Wildman–Crippen MR) is 73.9 cm³/mol. The summed E-state index contributed by atoms with van der Waals surface area (Å²) in [6, 6.07) is 4.93. The third kappa shape index (κ3) is 4.45. The van der Waals surface area contributed by atoms with Crippen molar-refractivity contribution in [1.82, 2.24) is 5.32 Å². The highest BCUT2D eigenvalue weighted by molar-refractivity contribution is 6.30. The fraction of sp³-hybridized carbons (Fsp3) is 0.462. The molecule has 0 fully saturated rings. The van der Waals surface area contributed by atoms with E-state index in [1.165, 1.54) is 0 Å². The van der Waals surface area contributed by atoms with E-state index in [-0.39, 0.29) is 5.91 Å². The van der Waals surface area contributed by atoms with E-state index < -0.39 is 6.10 Å². The van der Waals surface area contributed by atoms with Crippen LogP contribution in [0.2, 0.25) is 5.02 Å². The molecular weight excluding hydrogens is 252 g/mol. The maximum absolute atomic E-state index is 11.7. The lowest BCUT2D eigenvalue weighted by atomic mass is 10.3. The molecule has 1 unspecified atom stereocenters. The van der Waals surface area contributed by atoms with Gasteiger partial charge in [-0.05, 0) is 31.5 Å². The summed E-state index contributed by atoms with van der Waals surface area (Å²) < 4.78 is 5.50. The van der Waals surface area contributed by atoms with Crippen LogP contribution in [0.3, 0.4) is 0 Å². The molecule has 0 aliphatic carbocycles. The number of rotatable bonds is 6. The fourth-order valence-corrected chi connectivity index (χ4v) is 1.58. The number of nitrogens with two attached hydrogens (primary N) is 1. The Bertz CT molecular complexity index is 410. The third-order valence-electron chi connectivity index (χ3n) is 2.47. The quantitative estimate of drug-likeness (QED) is 0.617. The van der Waals surface area contributed by atoms with Crippen molar-refractivity contribution in [2.24, 2.45) is 0 Å². The standard InChI is InChI=1S/C13H19ClN2O2/c1-3-4-7-16-13(17)9(2)18-12-6-5-10(14)8-11(12)15/h5-6,8-9H,3-4,7,15H2,1-2H3,(H,16,17). The van der Waals surface area contributed by atoms with E-state index in [0.29, 0.717) is 23.0 Å². The van der Waals surface area contributed by atoms with Gasteiger partial charge >= 0.3 is 0 Å². The molecule has 1 atom stereocenters. The molecule has 0 saturated carbocycles. The normalized spacial score (nSPS) is 11.9. The number of ether oxygens (including phenoxy) is 1. The number of hydrogen-bond donors (Lipinski definition) is 2. The molecule has 100 valence electrons. The highest BCUT2D eigenvalue weighted by atomic mass is 35.5. The van der Waals surface area contributed by atoms with Crippen molar-refractivity contribution in [1.29, 1.82) is 0 Å². The molecule has 0 heterocycles. The summed E-state index contributed by atoms with van der Waals surface area (Å²) in [7, 11) is 0. The Morgan fingerprint density at radius 3 is 2.89 bits per heavy atom. The van der Waals surface area contributed by atoms with Crippen LogP contribution in [0.1, 0.15) is 26.7 Å². The molecule has 0 saturated heterocycles. The zero-order valence-electron chi connectivity index (χ0n) is 10.7. The van der Waals surface area contributed by atoms with Gasteiger partial charge in [0, 0.05) is 11.6 Å². The lowest BCUT2D eigenvalue weighted by Gasteiger charge is -2.16. The van der Waals surface area contributed by atoms with E-state index in [1.807, 2.05) is 0 Å². The first-order valence-electron chi connectivity index (χ1n) is 6.04. The van der Waals surface area contributed by atoms with Crippen molar-refractivity contribution in [3.05, 3.63) is 23.2 Å². The fourth-order valence-electron chi connectivity index (χ4n) is 1.40. The third-order valence-corrected chi connectivity index (χ3v) is 2.71. The molecule has 1 amide bonds. The number of carbonyl (C=O) groups excluding carboxylic acids is 1. The molecule has 0 radical (unpaired) electrons. The average Bonchev–Trinajstić information content (AvgIpc) is 2.32. The molecule has 0 bridgehead atoms. The molecule has 0 aliphatic rings. The minimum absolute atomic E-state index is 0.141. The first kappa shape index (κ1) is 14.6. The largest absolute Gasteiger partial charge is 0.479 e. The molecular formula is C13H19ClN2O2. The van der Waals surface area contributed by atoms with Crippen LogP contribution in [0.4, 0.5) is 5.69 Å². The van der Waals surface area contributed by atoms with Crippen molar-refractivity contribution in [3.63, 3.8) is 0 Å². The maximum atomic E-state index is 11.7. The predicted octanol–water partition coefficient (Wildman–Crippen LogP) is 2.61. The number of unbranched alkanes of at least 4 members (excludes halogenated alkanes) is 1. The van der Waals surface area contributed by atoms with Gasteiger partial charge in [-0.15, -0.1) is 0 Å². The van der Waals surface area contributed by atoms with Gasteiger partial charge in [0.15, 0.2) is 6.10 Å².